The highest BCUT2D eigenvalue weighted by atomic mass is 15.1. The monoisotopic (exact) mass is 650 g/mol. The Labute approximate surface area is 295 Å². The topological polar surface area (TPSA) is 58.5 Å². The van der Waals surface area contributed by atoms with E-state index in [9.17, 15) is 0 Å². The number of rotatable bonds is 8. The molecule has 0 bridgehead atoms. The first-order valence-electron chi connectivity index (χ1n) is 17.0. The minimum atomic E-state index is 0.565. The van der Waals surface area contributed by atoms with E-state index in [1.807, 2.05) is 12.1 Å². The molecule has 4 nitrogen and oxygen atoms in total. The first-order valence-corrected chi connectivity index (χ1v) is 17.0. The van der Waals surface area contributed by atoms with Crippen LogP contribution in [0.15, 0.2) is 158 Å². The largest absolute Gasteiger partial charge is 0.397 e. The molecule has 0 saturated heterocycles. The van der Waals surface area contributed by atoms with Gasteiger partial charge in [-0.1, -0.05) is 95.1 Å². The van der Waals surface area contributed by atoms with Crippen LogP contribution < -0.4 is 21.3 Å². The van der Waals surface area contributed by atoms with E-state index in [0.717, 1.165) is 56.4 Å². The van der Waals surface area contributed by atoms with E-state index in [0.29, 0.717) is 11.4 Å². The summed E-state index contributed by atoms with van der Waals surface area (Å²) in [5, 5.41) is 0. The molecule has 0 heterocycles. The molecule has 0 aliphatic rings. The van der Waals surface area contributed by atoms with E-state index in [2.05, 4.69) is 183 Å². The predicted molar refractivity (Wildman–Crippen MR) is 214 cm³/mol. The van der Waals surface area contributed by atoms with E-state index >= 15 is 0 Å². The maximum atomic E-state index is 6.43. The van der Waals surface area contributed by atoms with Crippen molar-refractivity contribution in [3.63, 3.8) is 0 Å². The summed E-state index contributed by atoms with van der Waals surface area (Å²) >= 11 is 0. The van der Waals surface area contributed by atoms with Crippen molar-refractivity contribution in [1.82, 2.24) is 0 Å². The number of nitrogen functional groups attached to an aromatic ring is 2. The molecule has 0 atom stereocenters. The maximum absolute atomic E-state index is 6.43. The van der Waals surface area contributed by atoms with E-state index < -0.39 is 0 Å². The van der Waals surface area contributed by atoms with Crippen molar-refractivity contribution in [3.8, 4) is 22.3 Å². The van der Waals surface area contributed by atoms with E-state index in [1.54, 1.807) is 0 Å². The molecule has 4 heteroatoms. The minimum absolute atomic E-state index is 0.565. The van der Waals surface area contributed by atoms with Crippen LogP contribution in [-0.4, -0.2) is 0 Å². The van der Waals surface area contributed by atoms with Crippen LogP contribution in [0.25, 0.3) is 22.3 Å². The van der Waals surface area contributed by atoms with Crippen molar-refractivity contribution < 1.29 is 0 Å². The van der Waals surface area contributed by atoms with Crippen molar-refractivity contribution in [2.45, 2.75) is 27.7 Å². The van der Waals surface area contributed by atoms with Crippen LogP contribution >= 0.6 is 0 Å². The highest BCUT2D eigenvalue weighted by Crippen LogP contribution is 2.41. The van der Waals surface area contributed by atoms with Crippen LogP contribution in [0.3, 0.4) is 0 Å². The van der Waals surface area contributed by atoms with E-state index in [4.69, 9.17) is 11.5 Å². The Hall–Kier alpha value is -6.26. The molecular formula is C46H42N4. The minimum Gasteiger partial charge on any atom is -0.397 e. The molecule has 0 spiro atoms. The Morgan fingerprint density at radius 3 is 0.720 bits per heavy atom. The third kappa shape index (κ3) is 6.69. The van der Waals surface area contributed by atoms with Gasteiger partial charge < -0.3 is 21.3 Å². The number of aryl methyl sites for hydroxylation is 4. The number of nitrogens with two attached hydrogens (primary N) is 2. The molecule has 7 aromatic rings. The van der Waals surface area contributed by atoms with Gasteiger partial charge in [-0.2, -0.15) is 0 Å². The third-order valence-corrected chi connectivity index (χ3v) is 9.26. The van der Waals surface area contributed by atoms with Gasteiger partial charge in [0.1, 0.15) is 0 Å². The van der Waals surface area contributed by atoms with Crippen LogP contribution in [0.4, 0.5) is 45.5 Å². The molecule has 0 radical (unpaired) electrons. The molecule has 0 aliphatic carbocycles. The molecule has 0 aliphatic heterocycles. The summed E-state index contributed by atoms with van der Waals surface area (Å²) in [6, 6.07) is 56.0. The van der Waals surface area contributed by atoms with Crippen molar-refractivity contribution in [3.05, 3.63) is 180 Å². The molecule has 7 rings (SSSR count). The van der Waals surface area contributed by atoms with E-state index in [-0.39, 0.29) is 0 Å². The Bertz CT molecular complexity index is 1960. The maximum Gasteiger partial charge on any atom is 0.0554 e. The van der Waals surface area contributed by atoms with Crippen LogP contribution in [0.2, 0.25) is 0 Å². The summed E-state index contributed by atoms with van der Waals surface area (Å²) in [7, 11) is 0. The van der Waals surface area contributed by atoms with Crippen molar-refractivity contribution >= 4 is 45.5 Å². The van der Waals surface area contributed by atoms with Gasteiger partial charge in [-0.3, -0.25) is 0 Å². The van der Waals surface area contributed by atoms with Gasteiger partial charge in [0.05, 0.1) is 11.4 Å². The normalized spacial score (nSPS) is 11.0. The zero-order valence-electron chi connectivity index (χ0n) is 29.1. The lowest BCUT2D eigenvalue weighted by atomic mass is 9.93. The van der Waals surface area contributed by atoms with Gasteiger partial charge in [-0.25, -0.2) is 0 Å². The molecule has 0 fully saturated rings. The van der Waals surface area contributed by atoms with Crippen LogP contribution in [-0.2, 0) is 0 Å². The number of hydrogen-bond donors (Lipinski definition) is 2. The summed E-state index contributed by atoms with van der Waals surface area (Å²) in [5.41, 5.74) is 29.7. The smallest absolute Gasteiger partial charge is 0.0554 e. The Balaban J connectivity index is 1.26. The second kappa shape index (κ2) is 13.7. The highest BCUT2D eigenvalue weighted by molar-refractivity contribution is 5.91. The fourth-order valence-corrected chi connectivity index (χ4v) is 6.36. The average Bonchev–Trinajstić information content (AvgIpc) is 3.13. The summed E-state index contributed by atoms with van der Waals surface area (Å²) in [4.78, 5) is 4.57. The molecule has 50 heavy (non-hydrogen) atoms. The fraction of sp³-hybridized carbons (Fsp3) is 0.0870. The van der Waals surface area contributed by atoms with Gasteiger partial charge in [0.2, 0.25) is 0 Å². The first-order chi connectivity index (χ1) is 24.2. The average molecular weight is 651 g/mol. The Morgan fingerprint density at radius 2 is 0.500 bits per heavy atom. The zero-order valence-corrected chi connectivity index (χ0v) is 29.1. The molecule has 7 aromatic carbocycles. The summed E-state index contributed by atoms with van der Waals surface area (Å²) in [6.45, 7) is 8.45. The van der Waals surface area contributed by atoms with Crippen molar-refractivity contribution in [1.29, 1.82) is 0 Å². The van der Waals surface area contributed by atoms with E-state index in [1.165, 1.54) is 22.3 Å². The van der Waals surface area contributed by atoms with Crippen LogP contribution in [0.1, 0.15) is 22.3 Å². The number of nitrogens with zero attached hydrogens (tertiary/aromatic N) is 2. The zero-order chi connectivity index (χ0) is 34.8. The van der Waals surface area contributed by atoms with Crippen LogP contribution in [0.5, 0.6) is 0 Å². The molecule has 0 unspecified atom stereocenters. The van der Waals surface area contributed by atoms with Gasteiger partial charge in [-0.15, -0.1) is 0 Å². The summed E-state index contributed by atoms with van der Waals surface area (Å²) in [6.07, 6.45) is 0. The Morgan fingerprint density at radius 1 is 0.300 bits per heavy atom. The Kier molecular flexibility index (Phi) is 8.85. The van der Waals surface area contributed by atoms with Gasteiger partial charge in [0.25, 0.3) is 0 Å². The molecule has 4 N–H and O–H groups in total. The molecule has 246 valence electrons. The van der Waals surface area contributed by atoms with Gasteiger partial charge in [0.15, 0.2) is 0 Å². The lowest BCUT2D eigenvalue weighted by Gasteiger charge is -2.26. The van der Waals surface area contributed by atoms with Gasteiger partial charge in [0, 0.05) is 34.1 Å². The summed E-state index contributed by atoms with van der Waals surface area (Å²) < 4.78 is 0. The highest BCUT2D eigenvalue weighted by Gasteiger charge is 2.17. The predicted octanol–water partition coefficient (Wildman–Crippen LogP) is 12.4. The molecular weight excluding hydrogens is 609 g/mol. The number of anilines is 8. The lowest BCUT2D eigenvalue weighted by molar-refractivity contribution is 1.27. The SMILES string of the molecule is Cc1ccc(N(c2ccc(C)cc2)c2ccc(-c3cc(N)c(N)cc3-c3ccc(N(c4ccc(C)cc4)c4ccc(C)cc4)cc3)cc2)cc1. The van der Waals surface area contributed by atoms with Gasteiger partial charge in [-0.05, 0) is 135 Å². The first kappa shape index (κ1) is 32.3. The third-order valence-electron chi connectivity index (χ3n) is 9.26. The standard InChI is InChI=1S/C46H42N4/c1-31-5-17-37(18-6-31)49(38-19-7-32(2)8-20-38)41-25-13-35(14-26-41)43-29-45(47)46(48)30-44(43)36-15-27-42(28-16-36)50(39-21-9-33(3)10-22-39)40-23-11-34(4)12-24-40/h5-30H,47-48H2,1-4H3. The number of hydrogen-bond acceptors (Lipinski definition) is 4. The van der Waals surface area contributed by atoms with Crippen LogP contribution in [0, 0.1) is 27.7 Å². The van der Waals surface area contributed by atoms with Crippen molar-refractivity contribution in [2.75, 3.05) is 21.3 Å². The quantitative estimate of drug-likeness (QED) is 0.161. The summed E-state index contributed by atoms with van der Waals surface area (Å²) in [5.74, 6) is 0. The molecule has 0 aromatic heterocycles. The molecule has 0 amide bonds. The fourth-order valence-electron chi connectivity index (χ4n) is 6.36. The second-order valence-corrected chi connectivity index (χ2v) is 13.1. The van der Waals surface area contributed by atoms with Gasteiger partial charge >= 0.3 is 0 Å². The number of benzene rings is 7. The van der Waals surface area contributed by atoms with Crippen molar-refractivity contribution in [2.24, 2.45) is 0 Å². The molecule has 0 saturated carbocycles. The lowest BCUT2D eigenvalue weighted by Crippen LogP contribution is -2.10. The second-order valence-electron chi connectivity index (χ2n) is 13.1.